The standard InChI is InChI=1S/C24H25N3O4/c1-3-30-22-12-11-18-8-4-5-10-20(18)21(22)14-26-27-23(28)15-25-24(29)16-31-19-9-6-7-17(2)13-19/h4-14H,3,15-16H2,1-2H3,(H,25,29)(H,27,28)/b26-14+. The maximum Gasteiger partial charge on any atom is 0.259 e. The summed E-state index contributed by atoms with van der Waals surface area (Å²) in [6.07, 6.45) is 1.55. The van der Waals surface area contributed by atoms with Crippen LogP contribution in [0.15, 0.2) is 65.8 Å². The van der Waals surface area contributed by atoms with Crippen molar-refractivity contribution < 1.29 is 19.1 Å². The third-order valence-electron chi connectivity index (χ3n) is 4.42. The summed E-state index contributed by atoms with van der Waals surface area (Å²) in [6, 6.07) is 19.1. The minimum Gasteiger partial charge on any atom is -0.493 e. The Morgan fingerprint density at radius 3 is 2.65 bits per heavy atom. The quantitative estimate of drug-likeness (QED) is 0.412. The molecule has 0 aliphatic carbocycles. The van der Waals surface area contributed by atoms with Crippen molar-refractivity contribution in [1.82, 2.24) is 10.7 Å². The molecule has 3 aromatic rings. The van der Waals surface area contributed by atoms with Gasteiger partial charge in [-0.3, -0.25) is 9.59 Å². The predicted octanol–water partition coefficient (Wildman–Crippen LogP) is 3.19. The first kappa shape index (κ1) is 21.8. The molecule has 7 nitrogen and oxygen atoms in total. The van der Waals surface area contributed by atoms with Crippen LogP contribution in [0.25, 0.3) is 10.8 Å². The Hall–Kier alpha value is -3.87. The molecule has 3 aromatic carbocycles. The van der Waals surface area contributed by atoms with Crippen molar-refractivity contribution in [3.05, 3.63) is 71.8 Å². The van der Waals surface area contributed by atoms with Crippen LogP contribution in [0.4, 0.5) is 0 Å². The Bertz CT molecular complexity index is 1100. The summed E-state index contributed by atoms with van der Waals surface area (Å²) in [5.41, 5.74) is 4.23. The maximum atomic E-state index is 12.0. The Kier molecular flexibility index (Phi) is 7.59. The number of rotatable bonds is 9. The fraction of sp³-hybridized carbons (Fsp3) is 0.208. The lowest BCUT2D eigenvalue weighted by molar-refractivity contribution is -0.127. The molecular formula is C24H25N3O4. The van der Waals surface area contributed by atoms with E-state index < -0.39 is 11.8 Å². The molecule has 7 heteroatoms. The van der Waals surface area contributed by atoms with Gasteiger partial charge in [0.2, 0.25) is 0 Å². The molecule has 0 spiro atoms. The number of aryl methyl sites for hydroxylation is 1. The number of hydrogen-bond acceptors (Lipinski definition) is 5. The molecule has 3 rings (SSSR count). The first-order chi connectivity index (χ1) is 15.1. The summed E-state index contributed by atoms with van der Waals surface area (Å²) < 4.78 is 11.1. The fourth-order valence-corrected chi connectivity index (χ4v) is 2.98. The maximum absolute atomic E-state index is 12.0. The molecule has 0 aromatic heterocycles. The zero-order valence-corrected chi connectivity index (χ0v) is 17.6. The molecule has 0 aliphatic rings. The average Bonchev–Trinajstić information content (AvgIpc) is 2.77. The van der Waals surface area contributed by atoms with Crippen LogP contribution >= 0.6 is 0 Å². The molecule has 160 valence electrons. The van der Waals surface area contributed by atoms with Crippen LogP contribution in [0.5, 0.6) is 11.5 Å². The van der Waals surface area contributed by atoms with Crippen molar-refractivity contribution in [2.24, 2.45) is 5.10 Å². The van der Waals surface area contributed by atoms with Gasteiger partial charge in [0.15, 0.2) is 6.61 Å². The van der Waals surface area contributed by atoms with Gasteiger partial charge >= 0.3 is 0 Å². The van der Waals surface area contributed by atoms with Gasteiger partial charge in [-0.1, -0.05) is 42.5 Å². The van der Waals surface area contributed by atoms with E-state index in [9.17, 15) is 9.59 Å². The first-order valence-electron chi connectivity index (χ1n) is 9.99. The summed E-state index contributed by atoms with van der Waals surface area (Å²) in [5.74, 6) is 0.442. The minimum atomic E-state index is -0.446. The van der Waals surface area contributed by atoms with E-state index in [0.29, 0.717) is 18.1 Å². The van der Waals surface area contributed by atoms with Crippen molar-refractivity contribution in [2.75, 3.05) is 19.8 Å². The number of fused-ring (bicyclic) bond motifs is 1. The van der Waals surface area contributed by atoms with Crippen LogP contribution in [-0.2, 0) is 9.59 Å². The van der Waals surface area contributed by atoms with E-state index in [4.69, 9.17) is 9.47 Å². The predicted molar refractivity (Wildman–Crippen MR) is 121 cm³/mol. The van der Waals surface area contributed by atoms with Crippen LogP contribution in [0, 0.1) is 6.92 Å². The van der Waals surface area contributed by atoms with Gasteiger partial charge < -0.3 is 14.8 Å². The van der Waals surface area contributed by atoms with Crippen LogP contribution < -0.4 is 20.2 Å². The van der Waals surface area contributed by atoms with Gasteiger partial charge in [-0.15, -0.1) is 0 Å². The molecule has 2 N–H and O–H groups in total. The Morgan fingerprint density at radius 2 is 1.84 bits per heavy atom. The van der Waals surface area contributed by atoms with Gasteiger partial charge in [-0.25, -0.2) is 5.43 Å². The van der Waals surface area contributed by atoms with Crippen molar-refractivity contribution in [3.63, 3.8) is 0 Å². The molecule has 0 radical (unpaired) electrons. The van der Waals surface area contributed by atoms with E-state index in [1.807, 2.05) is 68.4 Å². The molecule has 0 heterocycles. The second-order valence-corrected chi connectivity index (χ2v) is 6.81. The molecule has 0 bridgehead atoms. The minimum absolute atomic E-state index is 0.173. The highest BCUT2D eigenvalue weighted by Crippen LogP contribution is 2.26. The number of carbonyl (C=O) groups is 2. The van der Waals surface area contributed by atoms with E-state index in [0.717, 1.165) is 21.9 Å². The lowest BCUT2D eigenvalue weighted by atomic mass is 10.0. The number of nitrogens with zero attached hydrogens (tertiary/aromatic N) is 1. The lowest BCUT2D eigenvalue weighted by Crippen LogP contribution is -2.37. The zero-order chi connectivity index (χ0) is 22.1. The molecular weight excluding hydrogens is 394 g/mol. The van der Waals surface area contributed by atoms with E-state index in [1.165, 1.54) is 0 Å². The number of benzene rings is 3. The second-order valence-electron chi connectivity index (χ2n) is 6.81. The molecule has 0 fully saturated rings. The molecule has 31 heavy (non-hydrogen) atoms. The topological polar surface area (TPSA) is 89.0 Å². The first-order valence-corrected chi connectivity index (χ1v) is 9.99. The van der Waals surface area contributed by atoms with Crippen molar-refractivity contribution in [2.45, 2.75) is 13.8 Å². The molecule has 0 atom stereocenters. The van der Waals surface area contributed by atoms with Crippen LogP contribution in [0.2, 0.25) is 0 Å². The summed E-state index contributed by atoms with van der Waals surface area (Å²) in [7, 11) is 0. The van der Waals surface area contributed by atoms with E-state index in [-0.39, 0.29) is 13.2 Å². The Balaban J connectivity index is 1.52. The van der Waals surface area contributed by atoms with E-state index in [2.05, 4.69) is 15.8 Å². The van der Waals surface area contributed by atoms with Gasteiger partial charge in [0.05, 0.1) is 19.4 Å². The number of hydrazone groups is 1. The van der Waals surface area contributed by atoms with Crippen molar-refractivity contribution in [1.29, 1.82) is 0 Å². The monoisotopic (exact) mass is 419 g/mol. The lowest BCUT2D eigenvalue weighted by Gasteiger charge is -2.10. The van der Waals surface area contributed by atoms with Gasteiger partial charge in [0.25, 0.3) is 11.8 Å². The normalized spacial score (nSPS) is 10.8. The number of carbonyl (C=O) groups excluding carboxylic acids is 2. The number of hydrogen-bond donors (Lipinski definition) is 2. The van der Waals surface area contributed by atoms with Crippen LogP contribution in [-0.4, -0.2) is 37.8 Å². The van der Waals surface area contributed by atoms with Crippen LogP contribution in [0.1, 0.15) is 18.1 Å². The fourth-order valence-electron chi connectivity index (χ4n) is 2.98. The third-order valence-corrected chi connectivity index (χ3v) is 4.42. The largest absolute Gasteiger partial charge is 0.493 e. The summed E-state index contributed by atoms with van der Waals surface area (Å²) in [5, 5.41) is 8.54. The molecule has 0 aliphatic heterocycles. The number of ether oxygens (including phenoxy) is 2. The highest BCUT2D eigenvalue weighted by atomic mass is 16.5. The van der Waals surface area contributed by atoms with Crippen molar-refractivity contribution >= 4 is 28.8 Å². The van der Waals surface area contributed by atoms with Gasteiger partial charge in [0.1, 0.15) is 11.5 Å². The SMILES string of the molecule is CCOc1ccc2ccccc2c1/C=N/NC(=O)CNC(=O)COc1cccc(C)c1. The van der Waals surface area contributed by atoms with Crippen LogP contribution in [0.3, 0.4) is 0 Å². The average molecular weight is 419 g/mol. The van der Waals surface area contributed by atoms with E-state index >= 15 is 0 Å². The Labute approximate surface area is 181 Å². The molecule has 0 saturated carbocycles. The van der Waals surface area contributed by atoms with Gasteiger partial charge in [0, 0.05) is 5.56 Å². The summed E-state index contributed by atoms with van der Waals surface area (Å²) in [6.45, 7) is 3.98. The third kappa shape index (κ3) is 6.30. The van der Waals surface area contributed by atoms with E-state index in [1.54, 1.807) is 12.3 Å². The summed E-state index contributed by atoms with van der Waals surface area (Å²) >= 11 is 0. The van der Waals surface area contributed by atoms with Gasteiger partial charge in [-0.2, -0.15) is 5.10 Å². The molecule has 2 amide bonds. The Morgan fingerprint density at radius 1 is 1.00 bits per heavy atom. The highest BCUT2D eigenvalue weighted by Gasteiger charge is 2.08. The molecule has 0 saturated heterocycles. The zero-order valence-electron chi connectivity index (χ0n) is 17.6. The molecule has 0 unspecified atom stereocenters. The number of nitrogens with one attached hydrogen (secondary N) is 2. The van der Waals surface area contributed by atoms with Gasteiger partial charge in [-0.05, 0) is 48.4 Å². The number of amides is 2. The smallest absolute Gasteiger partial charge is 0.259 e. The summed E-state index contributed by atoms with van der Waals surface area (Å²) in [4.78, 5) is 23.9. The second kappa shape index (κ2) is 10.8. The highest BCUT2D eigenvalue weighted by molar-refractivity contribution is 6.02. The van der Waals surface area contributed by atoms with Crippen molar-refractivity contribution in [3.8, 4) is 11.5 Å².